The van der Waals surface area contributed by atoms with E-state index in [9.17, 15) is 4.39 Å². The first-order valence-electron chi connectivity index (χ1n) is 5.19. The van der Waals surface area contributed by atoms with Gasteiger partial charge in [0, 0.05) is 18.1 Å². The van der Waals surface area contributed by atoms with E-state index in [4.69, 9.17) is 4.74 Å². The van der Waals surface area contributed by atoms with Gasteiger partial charge in [-0.1, -0.05) is 15.9 Å². The summed E-state index contributed by atoms with van der Waals surface area (Å²) < 4.78 is 19.5. The zero-order valence-corrected chi connectivity index (χ0v) is 11.4. The number of halogens is 2. The number of nitrogens with one attached hydrogen (secondary N) is 1. The average Bonchev–Trinajstić information content (AvgIpc) is 2.23. The summed E-state index contributed by atoms with van der Waals surface area (Å²) in [6.45, 7) is 4.69. The Bertz CT molecular complexity index is 355. The second-order valence-electron chi connectivity index (χ2n) is 4.26. The fourth-order valence-corrected chi connectivity index (χ4v) is 1.59. The highest BCUT2D eigenvalue weighted by atomic mass is 79.9. The van der Waals surface area contributed by atoms with E-state index < -0.39 is 0 Å². The van der Waals surface area contributed by atoms with E-state index >= 15 is 0 Å². The van der Waals surface area contributed by atoms with Gasteiger partial charge in [0.2, 0.25) is 0 Å². The number of hydrogen-bond donors (Lipinski definition) is 1. The zero-order valence-electron chi connectivity index (χ0n) is 9.81. The Balaban J connectivity index is 2.52. The topological polar surface area (TPSA) is 21.3 Å². The van der Waals surface area contributed by atoms with Crippen molar-refractivity contribution in [3.8, 4) is 0 Å². The van der Waals surface area contributed by atoms with Crippen LogP contribution < -0.4 is 5.32 Å². The molecule has 0 amide bonds. The normalized spacial score (nSPS) is 11.6. The zero-order chi connectivity index (χ0) is 12.2. The van der Waals surface area contributed by atoms with Crippen molar-refractivity contribution >= 4 is 21.6 Å². The van der Waals surface area contributed by atoms with E-state index in [0.717, 1.165) is 10.9 Å². The monoisotopic (exact) mass is 289 g/mol. The summed E-state index contributed by atoms with van der Waals surface area (Å²) in [5.41, 5.74) is 0.330. The standard InChI is InChI=1S/C12H17BrFNO/c1-12(2,16-3)6-7-15-11-8-9(13)4-5-10(11)14/h4-5,8,15H,6-7H2,1-3H3. The van der Waals surface area contributed by atoms with Crippen molar-refractivity contribution in [3.05, 3.63) is 28.5 Å². The van der Waals surface area contributed by atoms with Gasteiger partial charge in [0.1, 0.15) is 5.82 Å². The van der Waals surface area contributed by atoms with Crippen molar-refractivity contribution in [3.63, 3.8) is 0 Å². The van der Waals surface area contributed by atoms with Crippen LogP contribution in [0.25, 0.3) is 0 Å². The lowest BCUT2D eigenvalue weighted by molar-refractivity contribution is 0.0185. The molecule has 0 atom stereocenters. The van der Waals surface area contributed by atoms with Gasteiger partial charge in [0.15, 0.2) is 0 Å². The third-order valence-corrected chi connectivity index (χ3v) is 3.02. The molecule has 1 N–H and O–H groups in total. The van der Waals surface area contributed by atoms with Gasteiger partial charge in [0.05, 0.1) is 11.3 Å². The number of hydrogen-bond acceptors (Lipinski definition) is 2. The van der Waals surface area contributed by atoms with Crippen LogP contribution in [0, 0.1) is 5.82 Å². The van der Waals surface area contributed by atoms with Gasteiger partial charge in [0.25, 0.3) is 0 Å². The molecule has 2 nitrogen and oxygen atoms in total. The molecule has 90 valence electrons. The van der Waals surface area contributed by atoms with Crippen LogP contribution in [0.3, 0.4) is 0 Å². The van der Waals surface area contributed by atoms with Crippen molar-refractivity contribution in [1.82, 2.24) is 0 Å². The molecule has 1 aromatic rings. The molecule has 0 saturated heterocycles. The summed E-state index contributed by atoms with van der Waals surface area (Å²) in [6, 6.07) is 4.85. The van der Waals surface area contributed by atoms with Crippen molar-refractivity contribution < 1.29 is 9.13 Å². The van der Waals surface area contributed by atoms with Gasteiger partial charge in [-0.15, -0.1) is 0 Å². The Morgan fingerprint density at radius 2 is 2.12 bits per heavy atom. The maximum absolute atomic E-state index is 13.4. The fourth-order valence-electron chi connectivity index (χ4n) is 1.23. The van der Waals surface area contributed by atoms with Gasteiger partial charge in [-0.3, -0.25) is 0 Å². The van der Waals surface area contributed by atoms with E-state index in [-0.39, 0.29) is 11.4 Å². The predicted molar refractivity (Wildman–Crippen MR) is 68.3 cm³/mol. The Hall–Kier alpha value is -0.610. The van der Waals surface area contributed by atoms with Crippen LogP contribution in [0.1, 0.15) is 20.3 Å². The van der Waals surface area contributed by atoms with E-state index in [1.165, 1.54) is 6.07 Å². The quantitative estimate of drug-likeness (QED) is 0.890. The van der Waals surface area contributed by atoms with E-state index in [1.807, 2.05) is 13.8 Å². The van der Waals surface area contributed by atoms with Gasteiger partial charge < -0.3 is 10.1 Å². The molecular weight excluding hydrogens is 273 g/mol. The van der Waals surface area contributed by atoms with Crippen LogP contribution in [0.15, 0.2) is 22.7 Å². The Morgan fingerprint density at radius 1 is 1.44 bits per heavy atom. The van der Waals surface area contributed by atoms with Crippen LogP contribution in [0.4, 0.5) is 10.1 Å². The minimum atomic E-state index is -0.238. The van der Waals surface area contributed by atoms with E-state index in [0.29, 0.717) is 12.2 Å². The largest absolute Gasteiger partial charge is 0.383 e. The second-order valence-corrected chi connectivity index (χ2v) is 5.18. The summed E-state index contributed by atoms with van der Waals surface area (Å²) in [4.78, 5) is 0. The van der Waals surface area contributed by atoms with Crippen LogP contribution in [-0.4, -0.2) is 19.3 Å². The molecule has 1 rings (SSSR count). The third-order valence-electron chi connectivity index (χ3n) is 2.52. The molecule has 0 aliphatic heterocycles. The summed E-state index contributed by atoms with van der Waals surface area (Å²) in [7, 11) is 1.68. The van der Waals surface area contributed by atoms with Gasteiger partial charge >= 0.3 is 0 Å². The highest BCUT2D eigenvalue weighted by Crippen LogP contribution is 2.21. The number of rotatable bonds is 5. The summed E-state index contributed by atoms with van der Waals surface area (Å²) in [5.74, 6) is -0.238. The Morgan fingerprint density at radius 3 is 2.75 bits per heavy atom. The molecule has 16 heavy (non-hydrogen) atoms. The lowest BCUT2D eigenvalue weighted by Gasteiger charge is -2.23. The van der Waals surface area contributed by atoms with Gasteiger partial charge in [-0.2, -0.15) is 0 Å². The first kappa shape index (κ1) is 13.5. The highest BCUT2D eigenvalue weighted by molar-refractivity contribution is 9.10. The Kier molecular flexibility index (Phi) is 4.74. The maximum Gasteiger partial charge on any atom is 0.146 e. The van der Waals surface area contributed by atoms with Crippen LogP contribution in [-0.2, 0) is 4.74 Å². The molecule has 0 aliphatic rings. The number of benzene rings is 1. The molecule has 0 saturated carbocycles. The first-order valence-corrected chi connectivity index (χ1v) is 5.98. The first-order chi connectivity index (χ1) is 7.44. The molecule has 0 bridgehead atoms. The van der Waals surface area contributed by atoms with E-state index in [2.05, 4.69) is 21.2 Å². The SMILES string of the molecule is COC(C)(C)CCNc1cc(Br)ccc1F. The molecule has 0 fully saturated rings. The van der Waals surface area contributed by atoms with Crippen LogP contribution >= 0.6 is 15.9 Å². The Labute approximate surface area is 104 Å². The van der Waals surface area contributed by atoms with E-state index in [1.54, 1.807) is 19.2 Å². The lowest BCUT2D eigenvalue weighted by atomic mass is 10.1. The van der Waals surface area contributed by atoms with Crippen molar-refractivity contribution in [1.29, 1.82) is 0 Å². The molecule has 4 heteroatoms. The van der Waals surface area contributed by atoms with Crippen molar-refractivity contribution in [2.45, 2.75) is 25.9 Å². The molecule has 0 unspecified atom stereocenters. The molecule has 0 aliphatic carbocycles. The molecule has 1 aromatic carbocycles. The lowest BCUT2D eigenvalue weighted by Crippen LogP contribution is -2.25. The predicted octanol–water partition coefficient (Wildman–Crippen LogP) is 3.82. The van der Waals surface area contributed by atoms with Crippen molar-refractivity contribution in [2.24, 2.45) is 0 Å². The van der Waals surface area contributed by atoms with Crippen LogP contribution in [0.5, 0.6) is 0 Å². The van der Waals surface area contributed by atoms with Gasteiger partial charge in [-0.05, 0) is 38.5 Å². The molecule has 0 radical (unpaired) electrons. The smallest absolute Gasteiger partial charge is 0.146 e. The highest BCUT2D eigenvalue weighted by Gasteiger charge is 2.15. The third kappa shape index (κ3) is 4.10. The molecule has 0 spiro atoms. The second kappa shape index (κ2) is 5.64. The molecule has 0 aromatic heterocycles. The fraction of sp³-hybridized carbons (Fsp3) is 0.500. The summed E-state index contributed by atoms with van der Waals surface area (Å²) >= 11 is 3.31. The average molecular weight is 290 g/mol. The number of anilines is 1. The number of methoxy groups -OCH3 is 1. The molecule has 0 heterocycles. The number of ether oxygens (including phenoxy) is 1. The van der Waals surface area contributed by atoms with Gasteiger partial charge in [-0.25, -0.2) is 4.39 Å². The molecular formula is C12H17BrFNO. The van der Waals surface area contributed by atoms with Crippen LogP contribution in [0.2, 0.25) is 0 Å². The van der Waals surface area contributed by atoms with Crippen molar-refractivity contribution in [2.75, 3.05) is 19.0 Å². The summed E-state index contributed by atoms with van der Waals surface area (Å²) in [5, 5.41) is 3.06. The minimum Gasteiger partial charge on any atom is -0.383 e. The summed E-state index contributed by atoms with van der Waals surface area (Å²) in [6.07, 6.45) is 0.815. The minimum absolute atomic E-state index is 0.185. The maximum atomic E-state index is 13.4.